The Kier molecular flexibility index (Phi) is 6.34. The first-order valence-corrected chi connectivity index (χ1v) is 6.95. The summed E-state index contributed by atoms with van der Waals surface area (Å²) in [6.07, 6.45) is 2.85. The van der Waals surface area contributed by atoms with Gasteiger partial charge < -0.3 is 4.90 Å². The zero-order valence-corrected chi connectivity index (χ0v) is 11.1. The first-order valence-electron chi connectivity index (χ1n) is 6.07. The van der Waals surface area contributed by atoms with Gasteiger partial charge in [0.15, 0.2) is 5.78 Å². The second-order valence-electron chi connectivity index (χ2n) is 3.94. The fourth-order valence-electron chi connectivity index (χ4n) is 1.77. The number of hydrogen-bond donors (Lipinski definition) is 0. The first kappa shape index (κ1) is 13.4. The standard InChI is InChI=1S/C13H21NOS/c1-3-9-14(4-2)10-5-7-12(15)13-8-6-11-16-13/h6,8,11H,3-5,7,9-10H2,1-2H3. The smallest absolute Gasteiger partial charge is 0.172 e. The molecular weight excluding hydrogens is 218 g/mol. The van der Waals surface area contributed by atoms with Crippen LogP contribution in [0.3, 0.4) is 0 Å². The molecule has 0 bridgehead atoms. The van der Waals surface area contributed by atoms with Crippen molar-refractivity contribution in [2.24, 2.45) is 0 Å². The number of carbonyl (C=O) groups excluding carboxylic acids is 1. The second-order valence-corrected chi connectivity index (χ2v) is 4.89. The molecule has 0 unspecified atom stereocenters. The number of ketones is 1. The molecule has 1 aromatic rings. The minimum atomic E-state index is 0.294. The molecule has 1 aromatic heterocycles. The average Bonchev–Trinajstić information content (AvgIpc) is 2.81. The molecule has 16 heavy (non-hydrogen) atoms. The van der Waals surface area contributed by atoms with Crippen LogP contribution in [0.25, 0.3) is 0 Å². The van der Waals surface area contributed by atoms with Gasteiger partial charge in [0.1, 0.15) is 0 Å². The topological polar surface area (TPSA) is 20.3 Å². The molecule has 0 aliphatic carbocycles. The maximum atomic E-state index is 11.7. The van der Waals surface area contributed by atoms with Crippen LogP contribution in [0.2, 0.25) is 0 Å². The number of Topliss-reactive ketones (excluding diaryl/α,β-unsaturated/α-hetero) is 1. The van der Waals surface area contributed by atoms with Crippen LogP contribution in [0.15, 0.2) is 17.5 Å². The molecule has 0 amide bonds. The lowest BCUT2D eigenvalue weighted by Crippen LogP contribution is -2.25. The average molecular weight is 239 g/mol. The van der Waals surface area contributed by atoms with Gasteiger partial charge in [-0.1, -0.05) is 19.9 Å². The summed E-state index contributed by atoms with van der Waals surface area (Å²) in [6.45, 7) is 7.64. The molecule has 1 heterocycles. The van der Waals surface area contributed by atoms with Crippen LogP contribution >= 0.6 is 11.3 Å². The summed E-state index contributed by atoms with van der Waals surface area (Å²) in [5.74, 6) is 0.294. The van der Waals surface area contributed by atoms with E-state index in [4.69, 9.17) is 0 Å². The summed E-state index contributed by atoms with van der Waals surface area (Å²) >= 11 is 1.54. The Hall–Kier alpha value is -0.670. The van der Waals surface area contributed by atoms with Crippen molar-refractivity contribution in [3.05, 3.63) is 22.4 Å². The van der Waals surface area contributed by atoms with E-state index in [0.29, 0.717) is 12.2 Å². The van der Waals surface area contributed by atoms with Crippen molar-refractivity contribution < 1.29 is 4.79 Å². The molecule has 0 N–H and O–H groups in total. The third-order valence-electron chi connectivity index (χ3n) is 2.66. The van der Waals surface area contributed by atoms with Crippen LogP contribution in [0.1, 0.15) is 42.8 Å². The van der Waals surface area contributed by atoms with Gasteiger partial charge in [-0.3, -0.25) is 4.79 Å². The Labute approximate surface area is 102 Å². The van der Waals surface area contributed by atoms with Gasteiger partial charge in [-0.05, 0) is 43.9 Å². The summed E-state index contributed by atoms with van der Waals surface area (Å²) in [5.41, 5.74) is 0. The van der Waals surface area contributed by atoms with Gasteiger partial charge in [0.05, 0.1) is 4.88 Å². The van der Waals surface area contributed by atoms with Crippen LogP contribution in [0.4, 0.5) is 0 Å². The van der Waals surface area contributed by atoms with Gasteiger partial charge in [0, 0.05) is 6.42 Å². The molecule has 3 heteroatoms. The first-order chi connectivity index (χ1) is 7.77. The number of thiophene rings is 1. The minimum absolute atomic E-state index is 0.294. The van der Waals surface area contributed by atoms with Gasteiger partial charge in [-0.25, -0.2) is 0 Å². The molecule has 0 saturated heterocycles. The molecule has 0 atom stereocenters. The Morgan fingerprint density at radius 3 is 2.75 bits per heavy atom. The van der Waals surface area contributed by atoms with Crippen molar-refractivity contribution in [3.8, 4) is 0 Å². The Morgan fingerprint density at radius 1 is 1.38 bits per heavy atom. The highest BCUT2D eigenvalue weighted by Crippen LogP contribution is 2.12. The molecule has 0 radical (unpaired) electrons. The molecule has 0 spiro atoms. The highest BCUT2D eigenvalue weighted by Gasteiger charge is 2.07. The monoisotopic (exact) mass is 239 g/mol. The minimum Gasteiger partial charge on any atom is -0.304 e. The van der Waals surface area contributed by atoms with Crippen LogP contribution < -0.4 is 0 Å². The van der Waals surface area contributed by atoms with E-state index >= 15 is 0 Å². The van der Waals surface area contributed by atoms with E-state index in [9.17, 15) is 4.79 Å². The normalized spacial score (nSPS) is 10.9. The maximum Gasteiger partial charge on any atom is 0.172 e. The lowest BCUT2D eigenvalue weighted by molar-refractivity contribution is 0.0979. The van der Waals surface area contributed by atoms with Crippen LogP contribution in [0.5, 0.6) is 0 Å². The van der Waals surface area contributed by atoms with Crippen molar-refractivity contribution in [2.75, 3.05) is 19.6 Å². The number of hydrogen-bond acceptors (Lipinski definition) is 3. The predicted molar refractivity (Wildman–Crippen MR) is 70.3 cm³/mol. The van der Waals surface area contributed by atoms with Crippen molar-refractivity contribution in [1.82, 2.24) is 4.90 Å². The molecule has 90 valence electrons. The van der Waals surface area contributed by atoms with E-state index in [1.54, 1.807) is 11.3 Å². The highest BCUT2D eigenvalue weighted by atomic mass is 32.1. The zero-order chi connectivity index (χ0) is 11.8. The maximum absolute atomic E-state index is 11.7. The molecule has 2 nitrogen and oxygen atoms in total. The summed E-state index contributed by atoms with van der Waals surface area (Å²) < 4.78 is 0. The SMILES string of the molecule is CCCN(CC)CCCC(=O)c1cccs1. The summed E-state index contributed by atoms with van der Waals surface area (Å²) in [7, 11) is 0. The van der Waals surface area contributed by atoms with Gasteiger partial charge in [-0.2, -0.15) is 0 Å². The molecule has 0 aromatic carbocycles. The molecule has 0 saturated carbocycles. The van der Waals surface area contributed by atoms with E-state index in [2.05, 4.69) is 18.7 Å². The van der Waals surface area contributed by atoms with Crippen molar-refractivity contribution in [1.29, 1.82) is 0 Å². The third-order valence-corrected chi connectivity index (χ3v) is 3.57. The van der Waals surface area contributed by atoms with E-state index < -0.39 is 0 Å². The summed E-state index contributed by atoms with van der Waals surface area (Å²) in [5, 5.41) is 1.96. The molecule has 0 fully saturated rings. The van der Waals surface area contributed by atoms with E-state index in [1.807, 2.05) is 17.5 Å². The van der Waals surface area contributed by atoms with Crippen LogP contribution in [0, 0.1) is 0 Å². The lowest BCUT2D eigenvalue weighted by atomic mass is 10.2. The van der Waals surface area contributed by atoms with Crippen molar-refractivity contribution in [2.45, 2.75) is 33.1 Å². The highest BCUT2D eigenvalue weighted by molar-refractivity contribution is 7.12. The Balaban J connectivity index is 2.22. The molecular formula is C13H21NOS. The fourth-order valence-corrected chi connectivity index (χ4v) is 2.46. The van der Waals surface area contributed by atoms with Crippen molar-refractivity contribution >= 4 is 17.1 Å². The van der Waals surface area contributed by atoms with E-state index in [0.717, 1.165) is 30.9 Å². The van der Waals surface area contributed by atoms with Crippen molar-refractivity contribution in [3.63, 3.8) is 0 Å². The summed E-state index contributed by atoms with van der Waals surface area (Å²) in [4.78, 5) is 15.0. The number of nitrogens with zero attached hydrogens (tertiary/aromatic N) is 1. The zero-order valence-electron chi connectivity index (χ0n) is 10.2. The Bertz CT molecular complexity index is 295. The van der Waals surface area contributed by atoms with Gasteiger partial charge >= 0.3 is 0 Å². The predicted octanol–water partition coefficient (Wildman–Crippen LogP) is 3.44. The van der Waals surface area contributed by atoms with E-state index in [-0.39, 0.29) is 0 Å². The number of rotatable bonds is 8. The largest absolute Gasteiger partial charge is 0.304 e. The number of carbonyl (C=O) groups is 1. The summed E-state index contributed by atoms with van der Waals surface area (Å²) in [6, 6.07) is 3.85. The second kappa shape index (κ2) is 7.58. The third kappa shape index (κ3) is 4.45. The van der Waals surface area contributed by atoms with Crippen LogP contribution in [-0.2, 0) is 0 Å². The van der Waals surface area contributed by atoms with Gasteiger partial charge in [0.2, 0.25) is 0 Å². The Morgan fingerprint density at radius 2 is 2.19 bits per heavy atom. The molecule has 0 aliphatic rings. The van der Waals surface area contributed by atoms with Gasteiger partial charge in [-0.15, -0.1) is 11.3 Å². The lowest BCUT2D eigenvalue weighted by Gasteiger charge is -2.18. The molecule has 1 rings (SSSR count). The van der Waals surface area contributed by atoms with E-state index in [1.165, 1.54) is 6.42 Å². The van der Waals surface area contributed by atoms with Gasteiger partial charge in [0.25, 0.3) is 0 Å². The van der Waals surface area contributed by atoms with Crippen LogP contribution in [-0.4, -0.2) is 30.3 Å². The molecule has 0 aliphatic heterocycles. The quantitative estimate of drug-likeness (QED) is 0.648. The fraction of sp³-hybridized carbons (Fsp3) is 0.615.